The van der Waals surface area contributed by atoms with Gasteiger partial charge >= 0.3 is 0 Å². The Balaban J connectivity index is 0.00000274. The van der Waals surface area contributed by atoms with Crippen LogP contribution >= 0.6 is 12.4 Å². The minimum Gasteiger partial charge on any atom is -0.493 e. The molecule has 34 heavy (non-hydrogen) atoms. The molecule has 2 aliphatic rings. The van der Waals surface area contributed by atoms with Crippen molar-refractivity contribution < 1.29 is 23.7 Å². The van der Waals surface area contributed by atoms with Gasteiger partial charge in [0.25, 0.3) is 5.91 Å². The van der Waals surface area contributed by atoms with Gasteiger partial charge in [0, 0.05) is 37.6 Å². The first-order valence-electron chi connectivity index (χ1n) is 10.7. The predicted molar refractivity (Wildman–Crippen MR) is 129 cm³/mol. The number of nitrogens with two attached hydrogens (primary N) is 1. The third kappa shape index (κ3) is 4.28. The summed E-state index contributed by atoms with van der Waals surface area (Å²) in [6, 6.07) is 10.9. The number of fused-ring (bicyclic) bond motifs is 2. The van der Waals surface area contributed by atoms with E-state index in [1.165, 1.54) is 0 Å². The molecule has 0 spiro atoms. The van der Waals surface area contributed by atoms with Crippen LogP contribution in [0.1, 0.15) is 0 Å². The molecule has 0 radical (unpaired) electrons. The fraction of sp³-hybridized carbons (Fsp3) is 0.348. The van der Waals surface area contributed by atoms with Crippen LogP contribution in [0.25, 0.3) is 10.9 Å². The fourth-order valence-corrected chi connectivity index (χ4v) is 4.08. The number of para-hydroxylation sites is 2. The van der Waals surface area contributed by atoms with E-state index in [9.17, 15) is 4.79 Å². The molecule has 3 aromatic rings. The highest BCUT2D eigenvalue weighted by molar-refractivity contribution is 5.91. The number of hydrogen-bond acceptors (Lipinski definition) is 9. The van der Waals surface area contributed by atoms with Gasteiger partial charge in [-0.3, -0.25) is 4.79 Å². The van der Waals surface area contributed by atoms with Gasteiger partial charge in [-0.25, -0.2) is 4.98 Å². The van der Waals surface area contributed by atoms with Crippen LogP contribution in [0.2, 0.25) is 0 Å². The van der Waals surface area contributed by atoms with Crippen LogP contribution in [0.5, 0.6) is 23.0 Å². The molecule has 11 heteroatoms. The second-order valence-corrected chi connectivity index (χ2v) is 7.81. The molecular formula is C23H26ClN5O5. The van der Waals surface area contributed by atoms with E-state index in [1.54, 1.807) is 37.3 Å². The van der Waals surface area contributed by atoms with Gasteiger partial charge in [-0.15, -0.1) is 12.4 Å². The Morgan fingerprint density at radius 3 is 2.41 bits per heavy atom. The van der Waals surface area contributed by atoms with Crippen LogP contribution in [0.3, 0.4) is 0 Å². The molecule has 10 nitrogen and oxygen atoms in total. The van der Waals surface area contributed by atoms with Crippen LogP contribution in [-0.2, 0) is 4.79 Å². The summed E-state index contributed by atoms with van der Waals surface area (Å²) in [5.74, 6) is 3.18. The maximum atomic E-state index is 13.0. The molecule has 0 aliphatic carbocycles. The number of aromatic nitrogens is 2. The van der Waals surface area contributed by atoms with Gasteiger partial charge in [0.1, 0.15) is 12.4 Å². The summed E-state index contributed by atoms with van der Waals surface area (Å²) in [5, 5.41) is 0.694. The van der Waals surface area contributed by atoms with Crippen molar-refractivity contribution in [1.82, 2.24) is 14.9 Å². The van der Waals surface area contributed by atoms with Crippen LogP contribution in [0.15, 0.2) is 36.4 Å². The fourth-order valence-electron chi connectivity index (χ4n) is 4.08. The highest BCUT2D eigenvalue weighted by Crippen LogP contribution is 2.34. The molecular weight excluding hydrogens is 462 g/mol. The maximum absolute atomic E-state index is 13.0. The van der Waals surface area contributed by atoms with Gasteiger partial charge in [0.2, 0.25) is 12.1 Å². The van der Waals surface area contributed by atoms with Gasteiger partial charge in [-0.1, -0.05) is 12.1 Å². The number of halogens is 1. The van der Waals surface area contributed by atoms with Gasteiger partial charge in [0.05, 0.1) is 19.7 Å². The minimum atomic E-state index is -0.651. The van der Waals surface area contributed by atoms with Crippen molar-refractivity contribution in [2.75, 3.05) is 57.6 Å². The molecule has 180 valence electrons. The molecule has 1 fully saturated rings. The molecule has 0 unspecified atom stereocenters. The summed E-state index contributed by atoms with van der Waals surface area (Å²) < 4.78 is 22.3. The SMILES string of the molecule is COc1cc2nc(N3CCN(C(=O)[C@H]4COc5ccccc5O4)CC3)nc(N)c2cc1OC.Cl. The quantitative estimate of drug-likeness (QED) is 0.591. The smallest absolute Gasteiger partial charge is 0.267 e. The average molecular weight is 488 g/mol. The first kappa shape index (κ1) is 23.5. The first-order chi connectivity index (χ1) is 16.1. The molecule has 2 N–H and O–H groups in total. The summed E-state index contributed by atoms with van der Waals surface area (Å²) in [5.41, 5.74) is 6.89. The largest absolute Gasteiger partial charge is 0.493 e. The Labute approximate surface area is 203 Å². The van der Waals surface area contributed by atoms with Crippen molar-refractivity contribution in [1.29, 1.82) is 0 Å². The summed E-state index contributed by atoms with van der Waals surface area (Å²) >= 11 is 0. The van der Waals surface area contributed by atoms with E-state index in [-0.39, 0.29) is 24.9 Å². The van der Waals surface area contributed by atoms with Gasteiger partial charge in [-0.2, -0.15) is 4.98 Å². The van der Waals surface area contributed by atoms with Crippen molar-refractivity contribution in [2.24, 2.45) is 0 Å². The molecule has 2 aliphatic heterocycles. The Morgan fingerprint density at radius 1 is 1.03 bits per heavy atom. The van der Waals surface area contributed by atoms with E-state index in [0.717, 1.165) is 0 Å². The molecule has 1 aromatic heterocycles. The monoisotopic (exact) mass is 487 g/mol. The van der Waals surface area contributed by atoms with Crippen molar-refractivity contribution in [2.45, 2.75) is 6.10 Å². The van der Waals surface area contributed by atoms with Crippen LogP contribution < -0.4 is 29.6 Å². The van der Waals surface area contributed by atoms with E-state index in [2.05, 4.69) is 9.97 Å². The van der Waals surface area contributed by atoms with E-state index in [1.807, 2.05) is 23.1 Å². The van der Waals surface area contributed by atoms with Crippen molar-refractivity contribution >= 4 is 41.0 Å². The zero-order valence-electron chi connectivity index (χ0n) is 18.9. The number of benzene rings is 2. The lowest BCUT2D eigenvalue weighted by molar-refractivity contribution is -0.141. The maximum Gasteiger partial charge on any atom is 0.267 e. The van der Waals surface area contributed by atoms with Crippen molar-refractivity contribution in [3.8, 4) is 23.0 Å². The van der Waals surface area contributed by atoms with E-state index in [4.69, 9.17) is 24.7 Å². The average Bonchev–Trinajstić information content (AvgIpc) is 2.87. The number of amides is 1. The lowest BCUT2D eigenvalue weighted by Crippen LogP contribution is -2.54. The molecule has 3 heterocycles. The number of hydrogen-bond donors (Lipinski definition) is 1. The number of nitrogens with zero attached hydrogens (tertiary/aromatic N) is 4. The molecule has 2 aromatic carbocycles. The number of anilines is 2. The van der Waals surface area contributed by atoms with Crippen LogP contribution in [0.4, 0.5) is 11.8 Å². The predicted octanol–water partition coefficient (Wildman–Crippen LogP) is 2.14. The second-order valence-electron chi connectivity index (χ2n) is 7.81. The van der Waals surface area contributed by atoms with Gasteiger partial charge in [-0.05, 0) is 18.2 Å². The molecule has 1 saturated heterocycles. The zero-order chi connectivity index (χ0) is 22.9. The number of nitrogen functional groups attached to an aromatic ring is 1. The zero-order valence-corrected chi connectivity index (χ0v) is 19.7. The second kappa shape index (κ2) is 9.68. The Kier molecular flexibility index (Phi) is 6.69. The van der Waals surface area contributed by atoms with E-state index >= 15 is 0 Å². The summed E-state index contributed by atoms with van der Waals surface area (Å²) in [6.07, 6.45) is -0.651. The molecule has 5 rings (SSSR count). The number of methoxy groups -OCH3 is 2. The topological polar surface area (TPSA) is 112 Å². The van der Waals surface area contributed by atoms with Crippen molar-refractivity contribution in [3.05, 3.63) is 36.4 Å². The molecule has 1 amide bonds. The van der Waals surface area contributed by atoms with Crippen LogP contribution in [-0.4, -0.2) is 73.9 Å². The van der Waals surface area contributed by atoms with E-state index in [0.29, 0.717) is 71.8 Å². The van der Waals surface area contributed by atoms with Gasteiger partial charge < -0.3 is 34.5 Å². The summed E-state index contributed by atoms with van der Waals surface area (Å²) in [7, 11) is 3.14. The lowest BCUT2D eigenvalue weighted by Gasteiger charge is -2.37. The highest BCUT2D eigenvalue weighted by Gasteiger charge is 2.33. The molecule has 0 bridgehead atoms. The first-order valence-corrected chi connectivity index (χ1v) is 10.7. The Morgan fingerprint density at radius 2 is 1.71 bits per heavy atom. The Hall–Kier alpha value is -3.66. The summed E-state index contributed by atoms with van der Waals surface area (Å²) in [6.45, 7) is 2.40. The highest BCUT2D eigenvalue weighted by atomic mass is 35.5. The number of carbonyl (C=O) groups excluding carboxylic acids is 1. The molecule has 1 atom stereocenters. The third-order valence-electron chi connectivity index (χ3n) is 5.88. The Bertz CT molecular complexity index is 1200. The number of carbonyl (C=O) groups is 1. The number of rotatable bonds is 4. The number of piperazine rings is 1. The van der Waals surface area contributed by atoms with Crippen LogP contribution in [0, 0.1) is 0 Å². The van der Waals surface area contributed by atoms with Crippen molar-refractivity contribution in [3.63, 3.8) is 0 Å². The number of ether oxygens (including phenoxy) is 4. The third-order valence-corrected chi connectivity index (χ3v) is 5.88. The normalized spacial score (nSPS) is 17.2. The van der Waals surface area contributed by atoms with E-state index < -0.39 is 6.10 Å². The molecule has 0 saturated carbocycles. The standard InChI is InChI=1S/C23H25N5O5.ClH/c1-30-18-11-14-15(12-19(18)31-2)25-23(26-21(14)24)28-9-7-27(8-10-28)22(29)20-13-32-16-5-3-4-6-17(16)33-20;/h3-6,11-12,20H,7-10,13H2,1-2H3,(H2,24,25,26);1H/t20-;/m1./s1. The minimum absolute atomic E-state index is 0. The van der Waals surface area contributed by atoms with Gasteiger partial charge in [0.15, 0.2) is 23.0 Å². The lowest BCUT2D eigenvalue weighted by atomic mass is 10.2. The summed E-state index contributed by atoms with van der Waals surface area (Å²) in [4.78, 5) is 26.0.